The van der Waals surface area contributed by atoms with E-state index in [0.29, 0.717) is 6.61 Å². The van der Waals surface area contributed by atoms with E-state index in [-0.39, 0.29) is 11.7 Å². The Morgan fingerprint density at radius 1 is 1.32 bits per heavy atom. The topological polar surface area (TPSA) is 76.0 Å². The van der Waals surface area contributed by atoms with Gasteiger partial charge in [-0.3, -0.25) is 4.57 Å². The summed E-state index contributed by atoms with van der Waals surface area (Å²) in [6, 6.07) is 8.10. The number of benzene rings is 1. The number of aromatic nitrogens is 4. The van der Waals surface area contributed by atoms with Crippen molar-refractivity contribution in [2.45, 2.75) is 25.3 Å². The Kier molecular flexibility index (Phi) is 4.54. The molecule has 0 amide bonds. The highest BCUT2D eigenvalue weighted by atomic mass is 32.1. The van der Waals surface area contributed by atoms with Gasteiger partial charge in [-0.1, -0.05) is 12.1 Å². The molecule has 1 fully saturated rings. The minimum atomic E-state index is -0.0163. The lowest BCUT2D eigenvalue weighted by atomic mass is 10.1. The van der Waals surface area contributed by atoms with Crippen LogP contribution in [-0.2, 0) is 11.2 Å². The molecular weight excluding hydrogens is 338 g/mol. The number of piperidine rings is 1. The summed E-state index contributed by atoms with van der Waals surface area (Å²) in [7, 11) is 1.69. The Morgan fingerprint density at radius 3 is 2.92 bits per heavy atom. The molecule has 2 aromatic heterocycles. The minimum Gasteiger partial charge on any atom is -0.384 e. The molecule has 0 atom stereocenters. The van der Waals surface area contributed by atoms with Gasteiger partial charge in [0, 0.05) is 44.2 Å². The first-order chi connectivity index (χ1) is 12.3. The molecule has 8 heteroatoms. The number of para-hydroxylation sites is 2. The summed E-state index contributed by atoms with van der Waals surface area (Å²) in [6.45, 7) is 2.41. The highest BCUT2D eigenvalue weighted by molar-refractivity contribution is 7.09. The first kappa shape index (κ1) is 16.3. The Morgan fingerprint density at radius 2 is 2.12 bits per heavy atom. The standard InChI is InChI=1S/C17H21N5O2S/c1-24-11-8-15-19-17(25-20-15)21-9-6-12(7-10-21)22-14-5-3-2-4-13(14)18-16(22)23/h2-5,12H,6-11H2,1H3,(H,18,23). The fraction of sp³-hybridized carbons (Fsp3) is 0.471. The van der Waals surface area contributed by atoms with Gasteiger partial charge in [-0.15, -0.1) is 0 Å². The number of anilines is 1. The molecule has 0 aliphatic carbocycles. The smallest absolute Gasteiger partial charge is 0.326 e. The lowest BCUT2D eigenvalue weighted by molar-refractivity contribution is 0.201. The van der Waals surface area contributed by atoms with E-state index in [1.54, 1.807) is 7.11 Å². The van der Waals surface area contributed by atoms with Crippen molar-refractivity contribution in [3.8, 4) is 0 Å². The highest BCUT2D eigenvalue weighted by Crippen LogP contribution is 2.28. The molecule has 0 radical (unpaired) electrons. The lowest BCUT2D eigenvalue weighted by Crippen LogP contribution is -2.37. The van der Waals surface area contributed by atoms with Crippen molar-refractivity contribution in [3.05, 3.63) is 40.6 Å². The number of rotatable bonds is 5. The predicted molar refractivity (Wildman–Crippen MR) is 98.5 cm³/mol. The number of aromatic amines is 1. The maximum atomic E-state index is 12.4. The molecule has 1 saturated heterocycles. The van der Waals surface area contributed by atoms with Crippen LogP contribution in [0.25, 0.3) is 11.0 Å². The van der Waals surface area contributed by atoms with Gasteiger partial charge in [0.25, 0.3) is 0 Å². The monoisotopic (exact) mass is 359 g/mol. The molecule has 7 nitrogen and oxygen atoms in total. The summed E-state index contributed by atoms with van der Waals surface area (Å²) in [6.07, 6.45) is 2.59. The van der Waals surface area contributed by atoms with Gasteiger partial charge in [0.05, 0.1) is 17.6 Å². The Bertz CT molecular complexity index is 907. The molecular formula is C17H21N5O2S. The molecule has 132 valence electrons. The highest BCUT2D eigenvalue weighted by Gasteiger charge is 2.25. The first-order valence-corrected chi connectivity index (χ1v) is 9.29. The van der Waals surface area contributed by atoms with Crippen molar-refractivity contribution in [1.29, 1.82) is 0 Å². The second kappa shape index (κ2) is 6.97. The molecule has 3 aromatic rings. The minimum absolute atomic E-state index is 0.0163. The zero-order valence-corrected chi connectivity index (χ0v) is 15.0. The number of hydrogen-bond acceptors (Lipinski definition) is 6. The van der Waals surface area contributed by atoms with E-state index < -0.39 is 0 Å². The summed E-state index contributed by atoms with van der Waals surface area (Å²) in [5.74, 6) is 0.844. The largest absolute Gasteiger partial charge is 0.384 e. The van der Waals surface area contributed by atoms with E-state index in [1.807, 2.05) is 28.8 Å². The summed E-state index contributed by atoms with van der Waals surface area (Å²) in [4.78, 5) is 22.2. The average molecular weight is 359 g/mol. The molecule has 0 saturated carbocycles. The van der Waals surface area contributed by atoms with E-state index in [2.05, 4.69) is 19.2 Å². The third-order valence-electron chi connectivity index (χ3n) is 4.71. The fourth-order valence-electron chi connectivity index (χ4n) is 3.42. The molecule has 0 unspecified atom stereocenters. The number of hydrogen-bond donors (Lipinski definition) is 1. The van der Waals surface area contributed by atoms with Crippen molar-refractivity contribution in [2.24, 2.45) is 0 Å². The molecule has 1 aliphatic rings. The van der Waals surface area contributed by atoms with Crippen LogP contribution in [-0.4, -0.2) is 45.7 Å². The van der Waals surface area contributed by atoms with Crippen molar-refractivity contribution in [3.63, 3.8) is 0 Å². The van der Waals surface area contributed by atoms with Crippen LogP contribution in [0.1, 0.15) is 24.7 Å². The maximum Gasteiger partial charge on any atom is 0.326 e. The molecule has 1 N–H and O–H groups in total. The van der Waals surface area contributed by atoms with Gasteiger partial charge in [-0.25, -0.2) is 9.78 Å². The van der Waals surface area contributed by atoms with E-state index >= 15 is 0 Å². The number of imidazole rings is 1. The number of nitrogens with zero attached hydrogens (tertiary/aromatic N) is 4. The van der Waals surface area contributed by atoms with E-state index in [9.17, 15) is 4.79 Å². The fourth-order valence-corrected chi connectivity index (χ4v) is 4.18. The van der Waals surface area contributed by atoms with Gasteiger partial charge in [-0.2, -0.15) is 4.37 Å². The molecule has 3 heterocycles. The third-order valence-corrected chi connectivity index (χ3v) is 5.53. The SMILES string of the molecule is COCCc1nsc(N2CCC(n3c(=O)[nH]c4ccccc43)CC2)n1. The normalized spacial score (nSPS) is 16.0. The van der Waals surface area contributed by atoms with Crippen LogP contribution in [0.5, 0.6) is 0 Å². The average Bonchev–Trinajstić information content (AvgIpc) is 3.23. The van der Waals surface area contributed by atoms with Crippen LogP contribution in [0, 0.1) is 0 Å². The molecule has 0 bridgehead atoms. The predicted octanol–water partition coefficient (Wildman–Crippen LogP) is 2.21. The van der Waals surface area contributed by atoms with E-state index in [4.69, 9.17) is 4.74 Å². The summed E-state index contributed by atoms with van der Waals surface area (Å²) >= 11 is 1.45. The van der Waals surface area contributed by atoms with Gasteiger partial charge < -0.3 is 14.6 Å². The number of ether oxygens (including phenoxy) is 1. The van der Waals surface area contributed by atoms with Gasteiger partial charge in [0.2, 0.25) is 5.13 Å². The zero-order valence-electron chi connectivity index (χ0n) is 14.1. The van der Waals surface area contributed by atoms with E-state index in [0.717, 1.165) is 54.3 Å². The van der Waals surface area contributed by atoms with Gasteiger partial charge in [0.1, 0.15) is 5.82 Å². The van der Waals surface area contributed by atoms with Crippen LogP contribution in [0.3, 0.4) is 0 Å². The Labute approximate surface area is 149 Å². The first-order valence-electron chi connectivity index (χ1n) is 8.52. The second-order valence-corrected chi connectivity index (χ2v) is 7.00. The number of fused-ring (bicyclic) bond motifs is 1. The van der Waals surface area contributed by atoms with Gasteiger partial charge in [-0.05, 0) is 25.0 Å². The molecule has 25 heavy (non-hydrogen) atoms. The quantitative estimate of drug-likeness (QED) is 0.756. The number of nitrogens with one attached hydrogen (secondary N) is 1. The maximum absolute atomic E-state index is 12.4. The summed E-state index contributed by atoms with van der Waals surface area (Å²) < 4.78 is 11.4. The number of methoxy groups -OCH3 is 1. The zero-order chi connectivity index (χ0) is 17.2. The summed E-state index contributed by atoms with van der Waals surface area (Å²) in [5, 5.41) is 0.968. The van der Waals surface area contributed by atoms with Crippen LogP contribution in [0.4, 0.5) is 5.13 Å². The van der Waals surface area contributed by atoms with Crippen molar-refractivity contribution >= 4 is 27.7 Å². The van der Waals surface area contributed by atoms with Gasteiger partial charge in [0.15, 0.2) is 0 Å². The molecule has 4 rings (SSSR count). The van der Waals surface area contributed by atoms with Crippen LogP contribution in [0.15, 0.2) is 29.1 Å². The Balaban J connectivity index is 1.47. The van der Waals surface area contributed by atoms with Crippen LogP contribution >= 0.6 is 11.5 Å². The van der Waals surface area contributed by atoms with Crippen molar-refractivity contribution in [2.75, 3.05) is 31.7 Å². The van der Waals surface area contributed by atoms with Crippen LogP contribution < -0.4 is 10.6 Å². The lowest BCUT2D eigenvalue weighted by Gasteiger charge is -2.32. The van der Waals surface area contributed by atoms with Gasteiger partial charge >= 0.3 is 5.69 Å². The Hall–Kier alpha value is -2.19. The third kappa shape index (κ3) is 3.19. The van der Waals surface area contributed by atoms with Crippen molar-refractivity contribution < 1.29 is 4.74 Å². The summed E-state index contributed by atoms with van der Waals surface area (Å²) in [5.41, 5.74) is 1.88. The second-order valence-electron chi connectivity index (χ2n) is 6.27. The molecule has 1 aromatic carbocycles. The van der Waals surface area contributed by atoms with Crippen molar-refractivity contribution in [1.82, 2.24) is 18.9 Å². The van der Waals surface area contributed by atoms with E-state index in [1.165, 1.54) is 11.5 Å². The molecule has 1 aliphatic heterocycles. The van der Waals surface area contributed by atoms with Crippen LogP contribution in [0.2, 0.25) is 0 Å². The number of H-pyrrole nitrogens is 1. The molecule has 0 spiro atoms.